The molecular weight excluding hydrogens is 150 g/mol. The van der Waals surface area contributed by atoms with Crippen LogP contribution in [0.1, 0.15) is 18.4 Å². The quantitative estimate of drug-likeness (QED) is 0.711. The number of nitrogens with zero attached hydrogens (tertiary/aromatic N) is 2. The molecule has 0 atom stereocenters. The van der Waals surface area contributed by atoms with Crippen molar-refractivity contribution in [3.8, 4) is 6.07 Å². The lowest BCUT2D eigenvalue weighted by Crippen LogP contribution is -2.02. The SMILES string of the molecule is N#Cc1ccncc1NC1CC1. The van der Waals surface area contributed by atoms with Gasteiger partial charge in [-0.2, -0.15) is 5.26 Å². The summed E-state index contributed by atoms with van der Waals surface area (Å²) >= 11 is 0. The van der Waals surface area contributed by atoms with Crippen LogP contribution in [0, 0.1) is 11.3 Å². The molecule has 3 heteroatoms. The summed E-state index contributed by atoms with van der Waals surface area (Å²) in [6.45, 7) is 0. The number of anilines is 1. The predicted molar refractivity (Wildman–Crippen MR) is 45.6 cm³/mol. The van der Waals surface area contributed by atoms with Crippen molar-refractivity contribution in [1.82, 2.24) is 4.98 Å². The maximum Gasteiger partial charge on any atom is 0.101 e. The van der Waals surface area contributed by atoms with Gasteiger partial charge in [0.25, 0.3) is 0 Å². The van der Waals surface area contributed by atoms with Crippen LogP contribution < -0.4 is 5.32 Å². The van der Waals surface area contributed by atoms with Gasteiger partial charge in [0, 0.05) is 12.2 Å². The number of nitriles is 1. The van der Waals surface area contributed by atoms with Crippen LogP contribution in [0.5, 0.6) is 0 Å². The topological polar surface area (TPSA) is 48.7 Å². The molecular formula is C9H9N3. The van der Waals surface area contributed by atoms with E-state index in [1.807, 2.05) is 0 Å². The summed E-state index contributed by atoms with van der Waals surface area (Å²) in [6.07, 6.45) is 5.76. The Kier molecular flexibility index (Phi) is 1.67. The molecule has 12 heavy (non-hydrogen) atoms. The summed E-state index contributed by atoms with van der Waals surface area (Å²) in [5, 5.41) is 12.0. The Bertz CT molecular complexity index is 323. The van der Waals surface area contributed by atoms with E-state index >= 15 is 0 Å². The Morgan fingerprint density at radius 2 is 2.42 bits per heavy atom. The van der Waals surface area contributed by atoms with Crippen LogP contribution in [0.4, 0.5) is 5.69 Å². The molecule has 0 aliphatic heterocycles. The van der Waals surface area contributed by atoms with Crippen molar-refractivity contribution < 1.29 is 0 Å². The van der Waals surface area contributed by atoms with E-state index in [0.717, 1.165) is 5.69 Å². The number of hydrogen-bond acceptors (Lipinski definition) is 3. The van der Waals surface area contributed by atoms with Crippen LogP contribution >= 0.6 is 0 Å². The van der Waals surface area contributed by atoms with Crippen molar-refractivity contribution >= 4 is 5.69 Å². The monoisotopic (exact) mass is 159 g/mol. The van der Waals surface area contributed by atoms with E-state index in [0.29, 0.717) is 11.6 Å². The first-order chi connectivity index (χ1) is 5.90. The zero-order chi connectivity index (χ0) is 8.39. The second kappa shape index (κ2) is 2.82. The normalized spacial score (nSPS) is 15.2. The lowest BCUT2D eigenvalue weighted by Gasteiger charge is -2.03. The minimum absolute atomic E-state index is 0.571. The van der Waals surface area contributed by atoms with Gasteiger partial charge in [-0.15, -0.1) is 0 Å². The second-order valence-corrected chi connectivity index (χ2v) is 2.95. The van der Waals surface area contributed by atoms with Gasteiger partial charge in [0.15, 0.2) is 0 Å². The molecule has 0 amide bonds. The van der Waals surface area contributed by atoms with Gasteiger partial charge < -0.3 is 5.32 Å². The molecule has 1 aromatic rings. The summed E-state index contributed by atoms with van der Waals surface area (Å²) in [7, 11) is 0. The van der Waals surface area contributed by atoms with Crippen molar-refractivity contribution in [2.75, 3.05) is 5.32 Å². The van der Waals surface area contributed by atoms with Gasteiger partial charge >= 0.3 is 0 Å². The highest BCUT2D eigenvalue weighted by Gasteiger charge is 2.21. The molecule has 3 nitrogen and oxygen atoms in total. The molecule has 60 valence electrons. The van der Waals surface area contributed by atoms with Gasteiger partial charge in [0.1, 0.15) is 6.07 Å². The lowest BCUT2D eigenvalue weighted by atomic mass is 10.2. The molecule has 0 bridgehead atoms. The molecule has 1 aliphatic rings. The average Bonchev–Trinajstić information content (AvgIpc) is 2.89. The van der Waals surface area contributed by atoms with Crippen molar-refractivity contribution in [3.05, 3.63) is 24.0 Å². The number of pyridine rings is 1. The fraction of sp³-hybridized carbons (Fsp3) is 0.333. The molecule has 0 unspecified atom stereocenters. The van der Waals surface area contributed by atoms with E-state index in [9.17, 15) is 0 Å². The number of aromatic nitrogens is 1. The Hall–Kier alpha value is -1.56. The molecule has 1 aromatic heterocycles. The van der Waals surface area contributed by atoms with Gasteiger partial charge in [0.2, 0.25) is 0 Å². The van der Waals surface area contributed by atoms with Crippen LogP contribution in [-0.2, 0) is 0 Å². The molecule has 0 radical (unpaired) electrons. The van der Waals surface area contributed by atoms with Crippen molar-refractivity contribution in [3.63, 3.8) is 0 Å². The largest absolute Gasteiger partial charge is 0.380 e. The Morgan fingerprint density at radius 1 is 1.58 bits per heavy atom. The number of rotatable bonds is 2. The highest BCUT2D eigenvalue weighted by atomic mass is 15.0. The summed E-state index contributed by atoms with van der Waals surface area (Å²) in [6, 6.07) is 4.42. The summed E-state index contributed by atoms with van der Waals surface area (Å²) in [5.74, 6) is 0. The summed E-state index contributed by atoms with van der Waals surface area (Å²) in [4.78, 5) is 3.96. The van der Waals surface area contributed by atoms with Crippen molar-refractivity contribution in [1.29, 1.82) is 5.26 Å². The fourth-order valence-corrected chi connectivity index (χ4v) is 1.05. The molecule has 1 fully saturated rings. The second-order valence-electron chi connectivity index (χ2n) is 2.95. The van der Waals surface area contributed by atoms with Crippen molar-refractivity contribution in [2.24, 2.45) is 0 Å². The van der Waals surface area contributed by atoms with E-state index in [1.165, 1.54) is 12.8 Å². The third-order valence-electron chi connectivity index (χ3n) is 1.88. The number of hydrogen-bond donors (Lipinski definition) is 1. The summed E-state index contributed by atoms with van der Waals surface area (Å²) < 4.78 is 0. The molecule has 1 N–H and O–H groups in total. The van der Waals surface area contributed by atoms with Gasteiger partial charge in [-0.05, 0) is 18.9 Å². The highest BCUT2D eigenvalue weighted by Crippen LogP contribution is 2.25. The maximum absolute atomic E-state index is 8.73. The van der Waals surface area contributed by atoms with Gasteiger partial charge in [-0.25, -0.2) is 0 Å². The Balaban J connectivity index is 2.22. The van der Waals surface area contributed by atoms with E-state index in [4.69, 9.17) is 5.26 Å². The molecule has 0 spiro atoms. The Labute approximate surface area is 71.0 Å². The van der Waals surface area contributed by atoms with Crippen LogP contribution in [0.15, 0.2) is 18.5 Å². The van der Waals surface area contributed by atoms with Crippen LogP contribution in [0.2, 0.25) is 0 Å². The highest BCUT2D eigenvalue weighted by molar-refractivity contribution is 5.56. The zero-order valence-electron chi connectivity index (χ0n) is 6.62. The maximum atomic E-state index is 8.73. The standard InChI is InChI=1S/C9H9N3/c10-5-7-3-4-11-6-9(7)12-8-1-2-8/h3-4,6,8,12H,1-2H2. The molecule has 1 heterocycles. The average molecular weight is 159 g/mol. The van der Waals surface area contributed by atoms with Gasteiger partial charge in [0.05, 0.1) is 17.4 Å². The first kappa shape index (κ1) is 7.11. The molecule has 1 saturated carbocycles. The first-order valence-electron chi connectivity index (χ1n) is 4.01. The van der Waals surface area contributed by atoms with E-state index in [2.05, 4.69) is 16.4 Å². The van der Waals surface area contributed by atoms with Crippen LogP contribution in [0.3, 0.4) is 0 Å². The van der Waals surface area contributed by atoms with Crippen LogP contribution in [-0.4, -0.2) is 11.0 Å². The van der Waals surface area contributed by atoms with Gasteiger partial charge in [-0.1, -0.05) is 0 Å². The van der Waals surface area contributed by atoms with Gasteiger partial charge in [-0.3, -0.25) is 4.98 Å². The predicted octanol–water partition coefficient (Wildman–Crippen LogP) is 1.53. The van der Waals surface area contributed by atoms with E-state index < -0.39 is 0 Å². The third kappa shape index (κ3) is 1.37. The molecule has 1 aliphatic carbocycles. The van der Waals surface area contributed by atoms with Crippen molar-refractivity contribution in [2.45, 2.75) is 18.9 Å². The molecule has 2 rings (SSSR count). The first-order valence-corrected chi connectivity index (χ1v) is 4.01. The number of nitrogens with one attached hydrogen (secondary N) is 1. The smallest absolute Gasteiger partial charge is 0.101 e. The zero-order valence-corrected chi connectivity index (χ0v) is 6.62. The minimum Gasteiger partial charge on any atom is -0.380 e. The van der Waals surface area contributed by atoms with E-state index in [-0.39, 0.29) is 0 Å². The fourth-order valence-electron chi connectivity index (χ4n) is 1.05. The lowest BCUT2D eigenvalue weighted by molar-refractivity contribution is 1.14. The third-order valence-corrected chi connectivity index (χ3v) is 1.88. The van der Waals surface area contributed by atoms with E-state index in [1.54, 1.807) is 18.5 Å². The molecule has 0 aromatic carbocycles. The molecule has 0 saturated heterocycles. The Morgan fingerprint density at radius 3 is 3.08 bits per heavy atom. The van der Waals surface area contributed by atoms with Crippen LogP contribution in [0.25, 0.3) is 0 Å². The minimum atomic E-state index is 0.571. The summed E-state index contributed by atoms with van der Waals surface area (Å²) in [5.41, 5.74) is 1.54.